The van der Waals surface area contributed by atoms with E-state index < -0.39 is 12.1 Å². The summed E-state index contributed by atoms with van der Waals surface area (Å²) in [6, 6.07) is -0.540. The van der Waals surface area contributed by atoms with Gasteiger partial charge < -0.3 is 15.4 Å². The van der Waals surface area contributed by atoms with Crippen molar-refractivity contribution in [2.45, 2.75) is 58.0 Å². The van der Waals surface area contributed by atoms with Crippen molar-refractivity contribution in [3.63, 3.8) is 0 Å². The molecule has 0 aliphatic heterocycles. The molecule has 1 aliphatic carbocycles. The Morgan fingerprint density at radius 1 is 1.33 bits per heavy atom. The molecule has 0 aromatic rings. The second kappa shape index (κ2) is 6.07. The van der Waals surface area contributed by atoms with E-state index in [2.05, 4.69) is 22.3 Å². The molecule has 2 N–H and O–H groups in total. The predicted octanol–water partition coefficient (Wildman–Crippen LogP) is 1.82. The van der Waals surface area contributed by atoms with E-state index in [1.807, 2.05) is 13.8 Å². The van der Waals surface area contributed by atoms with Crippen LogP contribution in [0.4, 0.5) is 4.79 Å². The fraction of sp³-hybridized carbons (Fsp3) is 0.846. The number of rotatable bonds is 5. The lowest BCUT2D eigenvalue weighted by Gasteiger charge is -2.43. The highest BCUT2D eigenvalue weighted by Crippen LogP contribution is 2.34. The molecule has 2 amide bonds. The molecule has 1 saturated carbocycles. The van der Waals surface area contributed by atoms with Gasteiger partial charge in [-0.15, -0.1) is 0 Å². The van der Waals surface area contributed by atoms with Crippen LogP contribution < -0.4 is 10.6 Å². The van der Waals surface area contributed by atoms with E-state index in [1.165, 1.54) is 7.11 Å². The Morgan fingerprint density at radius 2 is 1.94 bits per heavy atom. The molecule has 1 atom stereocenters. The zero-order chi connectivity index (χ0) is 13.8. The summed E-state index contributed by atoms with van der Waals surface area (Å²) in [6.45, 7) is 5.89. The van der Waals surface area contributed by atoms with Gasteiger partial charge in [0.15, 0.2) is 0 Å². The average molecular weight is 256 g/mol. The standard InChI is InChI=1S/C13H24N2O3/c1-5-13(7-6-8-13)15-11(16)10(9(2)3)14-12(17)18-4/h9-10H,5-8H2,1-4H3,(H,14,17)(H,15,16)/t10-/m0/s1. The molecule has 0 aromatic heterocycles. The number of methoxy groups -OCH3 is 1. The molecule has 1 rings (SSSR count). The van der Waals surface area contributed by atoms with Crippen molar-refractivity contribution in [3.8, 4) is 0 Å². The van der Waals surface area contributed by atoms with Gasteiger partial charge in [0.05, 0.1) is 7.11 Å². The minimum absolute atomic E-state index is 0.0260. The van der Waals surface area contributed by atoms with Crippen LogP contribution in [0.15, 0.2) is 0 Å². The lowest BCUT2D eigenvalue weighted by atomic mass is 9.74. The van der Waals surface area contributed by atoms with E-state index in [1.54, 1.807) is 0 Å². The van der Waals surface area contributed by atoms with Gasteiger partial charge in [-0.1, -0.05) is 20.8 Å². The Balaban J connectivity index is 2.62. The van der Waals surface area contributed by atoms with E-state index in [4.69, 9.17) is 0 Å². The summed E-state index contributed by atoms with van der Waals surface area (Å²) in [7, 11) is 1.30. The third-order valence-corrected chi connectivity index (χ3v) is 3.78. The lowest BCUT2D eigenvalue weighted by Crippen LogP contribution is -2.59. The van der Waals surface area contributed by atoms with Crippen LogP contribution in [-0.2, 0) is 9.53 Å². The number of carbonyl (C=O) groups is 2. The van der Waals surface area contributed by atoms with Crippen LogP contribution in [0.25, 0.3) is 0 Å². The molecule has 1 fully saturated rings. The van der Waals surface area contributed by atoms with Gasteiger partial charge in [0.25, 0.3) is 0 Å². The minimum atomic E-state index is -0.567. The summed E-state index contributed by atoms with van der Waals surface area (Å²) < 4.78 is 4.55. The van der Waals surface area contributed by atoms with E-state index in [0.29, 0.717) is 0 Å². The SMILES string of the molecule is CCC1(NC(=O)[C@@H](NC(=O)OC)C(C)C)CCC1. The van der Waals surface area contributed by atoms with Crippen molar-refractivity contribution in [1.82, 2.24) is 10.6 Å². The smallest absolute Gasteiger partial charge is 0.407 e. The molecule has 18 heavy (non-hydrogen) atoms. The monoisotopic (exact) mass is 256 g/mol. The van der Waals surface area contributed by atoms with Gasteiger partial charge in [0.2, 0.25) is 5.91 Å². The van der Waals surface area contributed by atoms with Gasteiger partial charge in [0.1, 0.15) is 6.04 Å². The molecule has 0 aromatic carbocycles. The first-order valence-corrected chi connectivity index (χ1v) is 6.60. The highest BCUT2D eigenvalue weighted by atomic mass is 16.5. The van der Waals surface area contributed by atoms with Gasteiger partial charge in [-0.3, -0.25) is 4.79 Å². The van der Waals surface area contributed by atoms with Crippen LogP contribution in [0.5, 0.6) is 0 Å². The fourth-order valence-corrected chi connectivity index (χ4v) is 2.23. The van der Waals surface area contributed by atoms with E-state index in [0.717, 1.165) is 25.7 Å². The van der Waals surface area contributed by atoms with E-state index in [-0.39, 0.29) is 17.4 Å². The highest BCUT2D eigenvalue weighted by molar-refractivity contribution is 5.86. The maximum atomic E-state index is 12.2. The van der Waals surface area contributed by atoms with Crippen molar-refractivity contribution in [2.24, 2.45) is 5.92 Å². The summed E-state index contributed by atoms with van der Waals surface area (Å²) in [5.74, 6) is -0.0879. The number of carbonyl (C=O) groups excluding carboxylic acids is 2. The second-order valence-electron chi connectivity index (χ2n) is 5.33. The molecule has 5 nitrogen and oxygen atoms in total. The third-order valence-electron chi connectivity index (χ3n) is 3.78. The summed E-state index contributed by atoms with van der Waals surface area (Å²) in [4.78, 5) is 23.5. The number of alkyl carbamates (subject to hydrolysis) is 1. The topological polar surface area (TPSA) is 67.4 Å². The Hall–Kier alpha value is -1.26. The van der Waals surface area contributed by atoms with Crippen LogP contribution in [-0.4, -0.2) is 30.7 Å². The molecule has 0 spiro atoms. The van der Waals surface area contributed by atoms with Crippen molar-refractivity contribution >= 4 is 12.0 Å². The number of hydrogen-bond acceptors (Lipinski definition) is 3. The molecule has 5 heteroatoms. The van der Waals surface area contributed by atoms with E-state index >= 15 is 0 Å². The zero-order valence-corrected chi connectivity index (χ0v) is 11.7. The second-order valence-corrected chi connectivity index (χ2v) is 5.33. The summed E-state index contributed by atoms with van der Waals surface area (Å²) in [5, 5.41) is 5.67. The highest BCUT2D eigenvalue weighted by Gasteiger charge is 2.38. The van der Waals surface area contributed by atoms with Crippen molar-refractivity contribution in [2.75, 3.05) is 7.11 Å². The van der Waals surface area contributed by atoms with Gasteiger partial charge in [-0.05, 0) is 31.6 Å². The molecule has 1 aliphatic rings. The molecule has 0 unspecified atom stereocenters. The number of amides is 2. The third kappa shape index (κ3) is 3.37. The lowest BCUT2D eigenvalue weighted by molar-refractivity contribution is -0.127. The number of nitrogens with one attached hydrogen (secondary N) is 2. The molecule has 0 radical (unpaired) electrons. The average Bonchev–Trinajstić information content (AvgIpc) is 2.29. The predicted molar refractivity (Wildman–Crippen MR) is 69.2 cm³/mol. The first kappa shape index (κ1) is 14.8. The molecule has 0 bridgehead atoms. The Morgan fingerprint density at radius 3 is 2.28 bits per heavy atom. The maximum Gasteiger partial charge on any atom is 0.407 e. The van der Waals surface area contributed by atoms with Crippen LogP contribution in [0.3, 0.4) is 0 Å². The largest absolute Gasteiger partial charge is 0.453 e. The Bertz CT molecular complexity index is 306. The molecule has 0 saturated heterocycles. The van der Waals surface area contributed by atoms with Crippen LogP contribution in [0.1, 0.15) is 46.5 Å². The first-order chi connectivity index (χ1) is 8.44. The summed E-state index contributed by atoms with van der Waals surface area (Å²) in [6.07, 6.45) is 3.58. The summed E-state index contributed by atoms with van der Waals surface area (Å²) >= 11 is 0. The normalized spacial score (nSPS) is 18.7. The van der Waals surface area contributed by atoms with Crippen LogP contribution in [0.2, 0.25) is 0 Å². The minimum Gasteiger partial charge on any atom is -0.453 e. The number of hydrogen-bond donors (Lipinski definition) is 2. The van der Waals surface area contributed by atoms with Gasteiger partial charge in [0, 0.05) is 5.54 Å². The van der Waals surface area contributed by atoms with E-state index in [9.17, 15) is 9.59 Å². The van der Waals surface area contributed by atoms with Gasteiger partial charge in [-0.25, -0.2) is 4.79 Å². The van der Waals surface area contributed by atoms with Crippen LogP contribution >= 0.6 is 0 Å². The maximum absolute atomic E-state index is 12.2. The van der Waals surface area contributed by atoms with Crippen molar-refractivity contribution in [1.29, 1.82) is 0 Å². The molecular weight excluding hydrogens is 232 g/mol. The Labute approximate surface area is 109 Å². The van der Waals surface area contributed by atoms with Crippen molar-refractivity contribution in [3.05, 3.63) is 0 Å². The van der Waals surface area contributed by atoms with Gasteiger partial charge in [-0.2, -0.15) is 0 Å². The molecule has 104 valence electrons. The first-order valence-electron chi connectivity index (χ1n) is 6.60. The number of ether oxygens (including phenoxy) is 1. The molecular formula is C13H24N2O3. The Kier molecular flexibility index (Phi) is 4.99. The summed E-state index contributed by atoms with van der Waals surface area (Å²) in [5.41, 5.74) is -0.0535. The quantitative estimate of drug-likeness (QED) is 0.788. The van der Waals surface area contributed by atoms with Crippen molar-refractivity contribution < 1.29 is 14.3 Å². The molecule has 0 heterocycles. The van der Waals surface area contributed by atoms with Crippen LogP contribution in [0, 0.1) is 5.92 Å². The van der Waals surface area contributed by atoms with Gasteiger partial charge >= 0.3 is 6.09 Å². The zero-order valence-electron chi connectivity index (χ0n) is 11.7. The fourth-order valence-electron chi connectivity index (χ4n) is 2.23.